The molecule has 0 unspecified atom stereocenters. The maximum Gasteiger partial charge on any atom is 0.248 e. The van der Waals surface area contributed by atoms with Gasteiger partial charge in [-0.1, -0.05) is 48.5 Å². The summed E-state index contributed by atoms with van der Waals surface area (Å²) in [6.07, 6.45) is 0.132. The molecule has 178 valence electrons. The first kappa shape index (κ1) is 24.2. The largest absolute Gasteiger partial charge is 0.497 e. The minimum atomic E-state index is -1.000. The van der Waals surface area contributed by atoms with Gasteiger partial charge in [-0.2, -0.15) is 0 Å². The third-order valence-electron chi connectivity index (χ3n) is 5.53. The highest BCUT2D eigenvalue weighted by Crippen LogP contribution is 2.31. The van der Waals surface area contributed by atoms with Gasteiger partial charge in [0.2, 0.25) is 11.8 Å². The Hall–Kier alpha value is -3.97. The smallest absolute Gasteiger partial charge is 0.248 e. The molecule has 0 radical (unpaired) electrons. The van der Waals surface area contributed by atoms with Crippen molar-refractivity contribution in [2.75, 3.05) is 12.0 Å². The van der Waals surface area contributed by atoms with Gasteiger partial charge >= 0.3 is 0 Å². The van der Waals surface area contributed by atoms with Gasteiger partial charge in [-0.15, -0.1) is 11.3 Å². The summed E-state index contributed by atoms with van der Waals surface area (Å²) in [6.45, 7) is 0.299. The van der Waals surface area contributed by atoms with Crippen LogP contribution in [0.4, 0.5) is 10.1 Å². The Bertz CT molecular complexity index is 1240. The predicted molar refractivity (Wildman–Crippen MR) is 136 cm³/mol. The first-order chi connectivity index (χ1) is 17.0. The molecule has 2 amide bonds. The second kappa shape index (κ2) is 11.4. The van der Waals surface area contributed by atoms with E-state index in [-0.39, 0.29) is 18.2 Å². The highest BCUT2D eigenvalue weighted by molar-refractivity contribution is 7.10. The Morgan fingerprint density at radius 3 is 2.29 bits per heavy atom. The maximum atomic E-state index is 13.7. The number of hydrogen-bond donors (Lipinski definition) is 1. The van der Waals surface area contributed by atoms with Crippen LogP contribution in [0, 0.1) is 5.82 Å². The Morgan fingerprint density at radius 1 is 0.943 bits per heavy atom. The molecule has 35 heavy (non-hydrogen) atoms. The maximum absolute atomic E-state index is 13.7. The van der Waals surface area contributed by atoms with Crippen molar-refractivity contribution in [3.8, 4) is 5.75 Å². The zero-order chi connectivity index (χ0) is 24.6. The number of thiophene rings is 1. The van der Waals surface area contributed by atoms with Crippen LogP contribution in [-0.2, 0) is 22.6 Å². The summed E-state index contributed by atoms with van der Waals surface area (Å²) in [4.78, 5) is 29.7. The molecule has 0 aliphatic heterocycles. The molecule has 0 saturated carbocycles. The molecule has 0 spiro atoms. The fourth-order valence-electron chi connectivity index (χ4n) is 3.77. The number of carbonyl (C=O) groups excluding carboxylic acids is 2. The number of anilines is 1. The summed E-state index contributed by atoms with van der Waals surface area (Å²) in [5, 5.41) is 4.86. The molecule has 1 N–H and O–H groups in total. The van der Waals surface area contributed by atoms with E-state index >= 15 is 0 Å². The van der Waals surface area contributed by atoms with E-state index in [1.807, 2.05) is 47.8 Å². The van der Waals surface area contributed by atoms with E-state index in [0.29, 0.717) is 23.5 Å². The number of halogens is 1. The number of nitrogens with one attached hydrogen (secondary N) is 1. The molecule has 7 heteroatoms. The number of rotatable bonds is 9. The molecule has 3 aromatic carbocycles. The summed E-state index contributed by atoms with van der Waals surface area (Å²) >= 11 is 1.48. The topological polar surface area (TPSA) is 58.6 Å². The standard InChI is InChI=1S/C28H25FN2O3S/c1-34-24-15-13-23(14-16-24)31(26(32)18-25-8-5-17-35-25)27(21-9-11-22(29)12-10-21)28(33)30-19-20-6-3-2-4-7-20/h2-17,27H,18-19H2,1H3,(H,30,33)/t27-/m0/s1. The first-order valence-electron chi connectivity index (χ1n) is 11.1. The quantitative estimate of drug-likeness (QED) is 0.337. The first-order valence-corrected chi connectivity index (χ1v) is 12.0. The lowest BCUT2D eigenvalue weighted by Gasteiger charge is -2.31. The molecule has 4 aromatic rings. The van der Waals surface area contributed by atoms with Crippen LogP contribution in [0.2, 0.25) is 0 Å². The van der Waals surface area contributed by atoms with Crippen LogP contribution in [0.3, 0.4) is 0 Å². The van der Waals surface area contributed by atoms with Crippen molar-refractivity contribution in [2.24, 2.45) is 0 Å². The van der Waals surface area contributed by atoms with Crippen molar-refractivity contribution in [2.45, 2.75) is 19.0 Å². The van der Waals surface area contributed by atoms with Gasteiger partial charge in [0, 0.05) is 17.1 Å². The number of hydrogen-bond acceptors (Lipinski definition) is 4. The summed E-state index contributed by atoms with van der Waals surface area (Å²) in [6, 6.07) is 24.9. The van der Waals surface area contributed by atoms with E-state index in [4.69, 9.17) is 4.74 Å². The van der Waals surface area contributed by atoms with E-state index in [1.165, 1.54) is 40.5 Å². The Morgan fingerprint density at radius 2 is 1.66 bits per heavy atom. The third-order valence-corrected chi connectivity index (χ3v) is 6.40. The average Bonchev–Trinajstić information content (AvgIpc) is 3.40. The minimum absolute atomic E-state index is 0.132. The van der Waals surface area contributed by atoms with E-state index in [0.717, 1.165) is 10.4 Å². The molecule has 0 bridgehead atoms. The van der Waals surface area contributed by atoms with Gasteiger partial charge in [0.15, 0.2) is 0 Å². The molecule has 5 nitrogen and oxygen atoms in total. The molecule has 0 aliphatic carbocycles. The lowest BCUT2D eigenvalue weighted by Crippen LogP contribution is -2.44. The van der Waals surface area contributed by atoms with Crippen molar-refractivity contribution in [3.63, 3.8) is 0 Å². The Kier molecular flexibility index (Phi) is 7.90. The van der Waals surface area contributed by atoms with E-state index in [9.17, 15) is 14.0 Å². The fraction of sp³-hybridized carbons (Fsp3) is 0.143. The fourth-order valence-corrected chi connectivity index (χ4v) is 4.47. The molecular formula is C28H25FN2O3S. The van der Waals surface area contributed by atoms with Crippen molar-refractivity contribution >= 4 is 28.8 Å². The van der Waals surface area contributed by atoms with Gasteiger partial charge in [0.1, 0.15) is 17.6 Å². The number of benzene rings is 3. The molecule has 0 saturated heterocycles. The number of ether oxygens (including phenoxy) is 1. The average molecular weight is 489 g/mol. The van der Waals surface area contributed by atoms with Crippen molar-refractivity contribution in [1.29, 1.82) is 0 Å². The summed E-state index contributed by atoms with van der Waals surface area (Å²) in [5.74, 6) is -0.401. The van der Waals surface area contributed by atoms with Crippen molar-refractivity contribution < 1.29 is 18.7 Å². The number of nitrogens with zero attached hydrogens (tertiary/aromatic N) is 1. The summed E-state index contributed by atoms with van der Waals surface area (Å²) < 4.78 is 19.0. The summed E-state index contributed by atoms with van der Waals surface area (Å²) in [5.41, 5.74) is 1.98. The molecule has 1 heterocycles. The zero-order valence-corrected chi connectivity index (χ0v) is 20.0. The van der Waals surface area contributed by atoms with Gasteiger partial charge in [0.25, 0.3) is 0 Å². The molecule has 1 aromatic heterocycles. The number of methoxy groups -OCH3 is 1. The van der Waals surface area contributed by atoms with Crippen molar-refractivity contribution in [3.05, 3.63) is 118 Å². The van der Waals surface area contributed by atoms with Crippen LogP contribution in [0.15, 0.2) is 96.4 Å². The number of carbonyl (C=O) groups is 2. The second-order valence-electron chi connectivity index (χ2n) is 7.88. The van der Waals surface area contributed by atoms with Crippen LogP contribution in [0.5, 0.6) is 5.75 Å². The van der Waals surface area contributed by atoms with Crippen LogP contribution < -0.4 is 15.0 Å². The lowest BCUT2D eigenvalue weighted by atomic mass is 10.0. The van der Waals surface area contributed by atoms with Crippen LogP contribution >= 0.6 is 11.3 Å². The second-order valence-corrected chi connectivity index (χ2v) is 8.91. The Balaban J connectivity index is 1.73. The molecule has 0 fully saturated rings. The molecular weight excluding hydrogens is 463 g/mol. The van der Waals surface area contributed by atoms with E-state index in [2.05, 4.69) is 5.32 Å². The van der Waals surface area contributed by atoms with Gasteiger partial charge in [-0.3, -0.25) is 14.5 Å². The zero-order valence-electron chi connectivity index (χ0n) is 19.2. The van der Waals surface area contributed by atoms with E-state index < -0.39 is 11.9 Å². The van der Waals surface area contributed by atoms with Crippen LogP contribution in [-0.4, -0.2) is 18.9 Å². The highest BCUT2D eigenvalue weighted by Gasteiger charge is 2.33. The normalized spacial score (nSPS) is 11.5. The predicted octanol–water partition coefficient (Wildman–Crippen LogP) is 5.53. The van der Waals surface area contributed by atoms with Crippen LogP contribution in [0.25, 0.3) is 0 Å². The van der Waals surface area contributed by atoms with Gasteiger partial charge in [0.05, 0.1) is 13.5 Å². The van der Waals surface area contributed by atoms with Crippen molar-refractivity contribution in [1.82, 2.24) is 5.32 Å². The molecule has 4 rings (SSSR count). The Labute approximate surface area is 207 Å². The lowest BCUT2D eigenvalue weighted by molar-refractivity contribution is -0.126. The van der Waals surface area contributed by atoms with Gasteiger partial charge < -0.3 is 10.1 Å². The summed E-state index contributed by atoms with van der Waals surface area (Å²) in [7, 11) is 1.56. The minimum Gasteiger partial charge on any atom is -0.497 e. The molecule has 1 atom stereocenters. The van der Waals surface area contributed by atoms with Crippen LogP contribution in [0.1, 0.15) is 22.0 Å². The highest BCUT2D eigenvalue weighted by atomic mass is 32.1. The van der Waals surface area contributed by atoms with Gasteiger partial charge in [-0.25, -0.2) is 4.39 Å². The number of amides is 2. The molecule has 0 aliphatic rings. The SMILES string of the molecule is COc1ccc(N(C(=O)Cc2cccs2)[C@H](C(=O)NCc2ccccc2)c2ccc(F)cc2)cc1. The monoisotopic (exact) mass is 488 g/mol. The van der Waals surface area contributed by atoms with Gasteiger partial charge in [-0.05, 0) is 59.0 Å². The van der Waals surface area contributed by atoms with E-state index in [1.54, 1.807) is 31.4 Å². The third kappa shape index (κ3) is 6.13.